The number of thiophene rings is 1. The third-order valence-corrected chi connectivity index (χ3v) is 4.59. The van der Waals surface area contributed by atoms with Gasteiger partial charge in [-0.2, -0.15) is 0 Å². The minimum Gasteiger partial charge on any atom is -0.378 e. The van der Waals surface area contributed by atoms with Crippen LogP contribution in [0, 0.1) is 0 Å². The fraction of sp³-hybridized carbons (Fsp3) is 0.353. The molecule has 116 valence electrons. The Bertz CT molecular complexity index is 590. The van der Waals surface area contributed by atoms with E-state index in [1.165, 1.54) is 5.69 Å². The van der Waals surface area contributed by atoms with Gasteiger partial charge in [0, 0.05) is 30.2 Å². The number of carbonyl (C=O) groups excluding carboxylic acids is 1. The summed E-state index contributed by atoms with van der Waals surface area (Å²) in [4.78, 5) is 15.3. The Morgan fingerprint density at radius 3 is 2.64 bits per heavy atom. The lowest BCUT2D eigenvalue weighted by Crippen LogP contribution is -2.36. The Hall–Kier alpha value is -1.85. The summed E-state index contributed by atoms with van der Waals surface area (Å²) < 4.78 is 5.36. The highest BCUT2D eigenvalue weighted by Gasteiger charge is 2.11. The van der Waals surface area contributed by atoms with Crippen LogP contribution in [0.5, 0.6) is 0 Å². The summed E-state index contributed by atoms with van der Waals surface area (Å²) in [7, 11) is 0. The van der Waals surface area contributed by atoms with E-state index in [0.717, 1.165) is 36.7 Å². The predicted octanol–water partition coefficient (Wildman–Crippen LogP) is 2.44. The van der Waals surface area contributed by atoms with E-state index in [-0.39, 0.29) is 5.91 Å². The molecule has 1 aromatic carbocycles. The van der Waals surface area contributed by atoms with Crippen LogP contribution < -0.4 is 10.2 Å². The molecule has 1 amide bonds. The molecule has 1 N–H and O–H groups in total. The number of amides is 1. The quantitative estimate of drug-likeness (QED) is 0.921. The van der Waals surface area contributed by atoms with Crippen molar-refractivity contribution in [3.8, 4) is 0 Å². The minimum absolute atomic E-state index is 0.0692. The van der Waals surface area contributed by atoms with Gasteiger partial charge in [-0.3, -0.25) is 4.79 Å². The van der Waals surface area contributed by atoms with Crippen LogP contribution in [0.1, 0.15) is 10.4 Å². The van der Waals surface area contributed by atoms with E-state index in [1.54, 1.807) is 11.3 Å². The maximum atomic E-state index is 11.9. The molecule has 1 aliphatic rings. The molecule has 2 heterocycles. The average Bonchev–Trinajstić information content (AvgIpc) is 3.07. The molecule has 0 unspecified atom stereocenters. The smallest absolute Gasteiger partial charge is 0.225 e. The monoisotopic (exact) mass is 316 g/mol. The van der Waals surface area contributed by atoms with Crippen LogP contribution in [0.25, 0.3) is 0 Å². The van der Waals surface area contributed by atoms with E-state index >= 15 is 0 Å². The molecule has 0 aliphatic carbocycles. The van der Waals surface area contributed by atoms with E-state index in [1.807, 2.05) is 17.5 Å². The van der Waals surface area contributed by atoms with E-state index in [4.69, 9.17) is 4.74 Å². The van der Waals surface area contributed by atoms with Crippen molar-refractivity contribution >= 4 is 22.9 Å². The number of hydrogen-bond acceptors (Lipinski definition) is 4. The first-order chi connectivity index (χ1) is 10.8. The molecule has 22 heavy (non-hydrogen) atoms. The maximum Gasteiger partial charge on any atom is 0.225 e. The van der Waals surface area contributed by atoms with Crippen molar-refractivity contribution in [3.63, 3.8) is 0 Å². The van der Waals surface area contributed by atoms with E-state index in [2.05, 4.69) is 34.5 Å². The first-order valence-corrected chi connectivity index (χ1v) is 8.40. The number of rotatable bonds is 5. The average molecular weight is 316 g/mol. The topological polar surface area (TPSA) is 41.6 Å². The van der Waals surface area contributed by atoms with Gasteiger partial charge in [0.25, 0.3) is 0 Å². The lowest BCUT2D eigenvalue weighted by atomic mass is 10.2. The van der Waals surface area contributed by atoms with Crippen LogP contribution >= 0.6 is 11.3 Å². The van der Waals surface area contributed by atoms with Crippen molar-refractivity contribution in [1.82, 2.24) is 5.32 Å². The van der Waals surface area contributed by atoms with Gasteiger partial charge < -0.3 is 15.0 Å². The summed E-state index contributed by atoms with van der Waals surface area (Å²) in [6.45, 7) is 4.04. The number of anilines is 1. The van der Waals surface area contributed by atoms with Crippen LogP contribution in [0.2, 0.25) is 0 Å². The second kappa shape index (κ2) is 7.42. The summed E-state index contributed by atoms with van der Waals surface area (Å²) >= 11 is 1.61. The fourth-order valence-corrected chi connectivity index (χ4v) is 3.18. The summed E-state index contributed by atoms with van der Waals surface area (Å²) in [6, 6.07) is 12.4. The summed E-state index contributed by atoms with van der Waals surface area (Å²) in [6.07, 6.45) is 0.462. The Morgan fingerprint density at radius 1 is 1.18 bits per heavy atom. The molecule has 1 aromatic heterocycles. The third kappa shape index (κ3) is 4.08. The Morgan fingerprint density at radius 2 is 1.95 bits per heavy atom. The number of carbonyl (C=O) groups is 1. The van der Waals surface area contributed by atoms with Crippen LogP contribution in [0.4, 0.5) is 5.69 Å². The fourth-order valence-electron chi connectivity index (χ4n) is 2.48. The number of ether oxygens (including phenoxy) is 1. The van der Waals surface area contributed by atoms with Gasteiger partial charge in [-0.15, -0.1) is 11.3 Å². The zero-order valence-corrected chi connectivity index (χ0v) is 13.3. The molecule has 1 aliphatic heterocycles. The van der Waals surface area contributed by atoms with Gasteiger partial charge in [-0.25, -0.2) is 0 Å². The molecule has 0 radical (unpaired) electrons. The summed E-state index contributed by atoms with van der Waals surface area (Å²) in [5.74, 6) is 0.0692. The van der Waals surface area contributed by atoms with Gasteiger partial charge >= 0.3 is 0 Å². The van der Waals surface area contributed by atoms with Crippen molar-refractivity contribution in [3.05, 3.63) is 52.2 Å². The number of benzene rings is 1. The third-order valence-electron chi connectivity index (χ3n) is 3.72. The second-order valence-corrected chi connectivity index (χ2v) is 6.33. The van der Waals surface area contributed by atoms with Gasteiger partial charge in [-0.1, -0.05) is 18.2 Å². The first kappa shape index (κ1) is 15.1. The van der Waals surface area contributed by atoms with Gasteiger partial charge in [-0.05, 0) is 29.1 Å². The zero-order chi connectivity index (χ0) is 15.2. The molecule has 5 heteroatoms. The van der Waals surface area contributed by atoms with Gasteiger partial charge in [0.2, 0.25) is 5.91 Å². The van der Waals surface area contributed by atoms with E-state index < -0.39 is 0 Å². The van der Waals surface area contributed by atoms with Crippen molar-refractivity contribution in [2.75, 3.05) is 31.2 Å². The predicted molar refractivity (Wildman–Crippen MR) is 89.3 cm³/mol. The minimum atomic E-state index is 0.0692. The Labute approximate surface area is 134 Å². The van der Waals surface area contributed by atoms with Crippen molar-refractivity contribution in [2.45, 2.75) is 13.0 Å². The molecule has 0 spiro atoms. The lowest BCUT2D eigenvalue weighted by Gasteiger charge is -2.28. The lowest BCUT2D eigenvalue weighted by molar-refractivity contribution is -0.120. The van der Waals surface area contributed by atoms with Crippen molar-refractivity contribution < 1.29 is 9.53 Å². The van der Waals surface area contributed by atoms with Crippen LogP contribution in [-0.2, 0) is 22.5 Å². The van der Waals surface area contributed by atoms with E-state index in [0.29, 0.717) is 13.0 Å². The highest BCUT2D eigenvalue weighted by Crippen LogP contribution is 2.16. The number of nitrogens with zero attached hydrogens (tertiary/aromatic N) is 1. The molecular weight excluding hydrogens is 296 g/mol. The van der Waals surface area contributed by atoms with Crippen molar-refractivity contribution in [1.29, 1.82) is 0 Å². The molecule has 1 saturated heterocycles. The largest absolute Gasteiger partial charge is 0.378 e. The molecule has 0 saturated carbocycles. The molecule has 0 bridgehead atoms. The first-order valence-electron chi connectivity index (χ1n) is 7.52. The van der Waals surface area contributed by atoms with Crippen LogP contribution in [0.3, 0.4) is 0 Å². The molecular formula is C17H20N2O2S. The molecule has 1 fully saturated rings. The van der Waals surface area contributed by atoms with Gasteiger partial charge in [0.15, 0.2) is 0 Å². The zero-order valence-electron chi connectivity index (χ0n) is 12.5. The molecule has 4 nitrogen and oxygen atoms in total. The molecule has 3 rings (SSSR count). The van der Waals surface area contributed by atoms with Gasteiger partial charge in [0.1, 0.15) is 0 Å². The molecule has 2 aromatic rings. The van der Waals surface area contributed by atoms with Crippen LogP contribution in [0.15, 0.2) is 41.8 Å². The highest BCUT2D eigenvalue weighted by molar-refractivity contribution is 7.10. The number of hydrogen-bond donors (Lipinski definition) is 1. The van der Waals surface area contributed by atoms with E-state index in [9.17, 15) is 4.79 Å². The SMILES string of the molecule is O=C(Cc1cccs1)NCc1ccc(N2CCOCC2)cc1. The van der Waals surface area contributed by atoms with Crippen LogP contribution in [-0.4, -0.2) is 32.2 Å². The molecule has 0 atom stereocenters. The highest BCUT2D eigenvalue weighted by atomic mass is 32.1. The van der Waals surface area contributed by atoms with Gasteiger partial charge in [0.05, 0.1) is 19.6 Å². The second-order valence-electron chi connectivity index (χ2n) is 5.30. The van der Waals surface area contributed by atoms with Crippen molar-refractivity contribution in [2.24, 2.45) is 0 Å². The normalized spacial score (nSPS) is 14.8. The number of morpholine rings is 1. The Kier molecular flexibility index (Phi) is 5.08. The number of nitrogens with one attached hydrogen (secondary N) is 1. The summed E-state index contributed by atoms with van der Waals surface area (Å²) in [5, 5.41) is 4.96. The Balaban J connectivity index is 1.49. The summed E-state index contributed by atoms with van der Waals surface area (Å²) in [5.41, 5.74) is 2.34. The maximum absolute atomic E-state index is 11.9. The standard InChI is InChI=1S/C17H20N2O2S/c20-17(12-16-2-1-11-22-16)18-13-14-3-5-15(6-4-14)19-7-9-21-10-8-19/h1-6,11H,7-10,12-13H2,(H,18,20).